The molecular weight excluding hydrogens is 264 g/mol. The quantitative estimate of drug-likeness (QED) is 0.925. The second kappa shape index (κ2) is 5.38. The van der Waals surface area contributed by atoms with Crippen molar-refractivity contribution in [1.82, 2.24) is 4.98 Å². The molecular formula is C13H14N2O3S. The highest BCUT2D eigenvalue weighted by molar-refractivity contribution is 7.89. The van der Waals surface area contributed by atoms with Crippen molar-refractivity contribution in [3.05, 3.63) is 54.2 Å². The summed E-state index contributed by atoms with van der Waals surface area (Å²) in [5.41, 5.74) is 1.01. The predicted octanol–water partition coefficient (Wildman–Crippen LogP) is 1.87. The van der Waals surface area contributed by atoms with Crippen LogP contribution in [0.25, 0.3) is 0 Å². The molecule has 19 heavy (non-hydrogen) atoms. The van der Waals surface area contributed by atoms with E-state index in [-0.39, 0.29) is 11.0 Å². The number of primary sulfonamides is 1. The molecule has 0 radical (unpaired) electrons. The number of aromatic nitrogens is 1. The van der Waals surface area contributed by atoms with Gasteiger partial charge in [-0.25, -0.2) is 18.5 Å². The van der Waals surface area contributed by atoms with E-state index in [1.807, 2.05) is 37.3 Å². The highest BCUT2D eigenvalue weighted by Gasteiger charge is 2.10. The van der Waals surface area contributed by atoms with Crippen LogP contribution in [-0.2, 0) is 10.0 Å². The smallest absolute Gasteiger partial charge is 0.239 e. The van der Waals surface area contributed by atoms with Crippen molar-refractivity contribution in [1.29, 1.82) is 0 Å². The van der Waals surface area contributed by atoms with E-state index in [2.05, 4.69) is 4.98 Å². The zero-order valence-corrected chi connectivity index (χ0v) is 11.2. The fourth-order valence-electron chi connectivity index (χ4n) is 1.58. The molecule has 1 aromatic carbocycles. The zero-order valence-electron chi connectivity index (χ0n) is 10.4. The van der Waals surface area contributed by atoms with Crippen molar-refractivity contribution in [2.24, 2.45) is 5.14 Å². The predicted molar refractivity (Wildman–Crippen MR) is 71.1 cm³/mol. The van der Waals surface area contributed by atoms with Gasteiger partial charge in [0.2, 0.25) is 15.9 Å². The van der Waals surface area contributed by atoms with Crippen molar-refractivity contribution in [2.45, 2.75) is 17.9 Å². The molecule has 0 spiro atoms. The Bertz CT molecular complexity index is 639. The van der Waals surface area contributed by atoms with Crippen molar-refractivity contribution < 1.29 is 13.2 Å². The van der Waals surface area contributed by atoms with Gasteiger partial charge < -0.3 is 4.74 Å². The summed E-state index contributed by atoms with van der Waals surface area (Å²) in [5.74, 6) is 0.351. The van der Waals surface area contributed by atoms with E-state index in [1.165, 1.54) is 18.3 Å². The molecule has 2 rings (SSSR count). The normalized spacial score (nSPS) is 12.9. The maximum absolute atomic E-state index is 11.1. The molecule has 2 N–H and O–H groups in total. The van der Waals surface area contributed by atoms with Crippen LogP contribution in [0, 0.1) is 0 Å². The number of hydrogen-bond acceptors (Lipinski definition) is 4. The lowest BCUT2D eigenvalue weighted by molar-refractivity contribution is 0.217. The van der Waals surface area contributed by atoms with E-state index < -0.39 is 10.0 Å². The average Bonchev–Trinajstić information content (AvgIpc) is 2.39. The number of ether oxygens (including phenoxy) is 1. The largest absolute Gasteiger partial charge is 0.470 e. The van der Waals surface area contributed by atoms with Gasteiger partial charge in [0.1, 0.15) is 11.0 Å². The van der Waals surface area contributed by atoms with Gasteiger partial charge in [-0.15, -0.1) is 0 Å². The third kappa shape index (κ3) is 3.52. The molecule has 0 aliphatic carbocycles. The average molecular weight is 278 g/mol. The summed E-state index contributed by atoms with van der Waals surface area (Å²) in [7, 11) is -3.72. The molecule has 5 nitrogen and oxygen atoms in total. The Morgan fingerprint density at radius 1 is 1.16 bits per heavy atom. The summed E-state index contributed by atoms with van der Waals surface area (Å²) in [6.45, 7) is 1.89. The molecule has 0 amide bonds. The van der Waals surface area contributed by atoms with Gasteiger partial charge in [0, 0.05) is 6.07 Å². The van der Waals surface area contributed by atoms with Gasteiger partial charge in [-0.1, -0.05) is 30.3 Å². The fraction of sp³-hybridized carbons (Fsp3) is 0.154. The Labute approximate surface area is 112 Å². The van der Waals surface area contributed by atoms with Crippen molar-refractivity contribution in [3.8, 4) is 5.88 Å². The first-order valence-electron chi connectivity index (χ1n) is 5.67. The third-order valence-corrected chi connectivity index (χ3v) is 3.50. The van der Waals surface area contributed by atoms with Crippen LogP contribution in [0.2, 0.25) is 0 Å². The number of hydrogen-bond donors (Lipinski definition) is 1. The minimum absolute atomic E-state index is 0.0350. The summed E-state index contributed by atoms with van der Waals surface area (Å²) < 4.78 is 27.8. The van der Waals surface area contributed by atoms with E-state index in [4.69, 9.17) is 9.88 Å². The minimum Gasteiger partial charge on any atom is -0.470 e. The fourth-order valence-corrected chi connectivity index (χ4v) is 2.04. The van der Waals surface area contributed by atoms with Gasteiger partial charge in [0.25, 0.3) is 0 Å². The molecule has 1 atom stereocenters. The van der Waals surface area contributed by atoms with E-state index in [1.54, 1.807) is 0 Å². The first-order chi connectivity index (χ1) is 8.97. The summed E-state index contributed by atoms with van der Waals surface area (Å²) in [6, 6.07) is 12.5. The Morgan fingerprint density at radius 2 is 1.84 bits per heavy atom. The van der Waals surface area contributed by atoms with Crippen LogP contribution in [0.5, 0.6) is 5.88 Å². The van der Waals surface area contributed by atoms with Crippen molar-refractivity contribution in [3.63, 3.8) is 0 Å². The van der Waals surface area contributed by atoms with Gasteiger partial charge in [0.05, 0.1) is 6.20 Å². The molecule has 0 saturated heterocycles. The minimum atomic E-state index is -3.72. The molecule has 100 valence electrons. The van der Waals surface area contributed by atoms with Gasteiger partial charge in [-0.3, -0.25) is 0 Å². The number of pyridine rings is 1. The Balaban J connectivity index is 2.12. The second-order valence-electron chi connectivity index (χ2n) is 4.05. The van der Waals surface area contributed by atoms with E-state index in [9.17, 15) is 8.42 Å². The lowest BCUT2D eigenvalue weighted by Gasteiger charge is -2.14. The number of rotatable bonds is 4. The lowest BCUT2D eigenvalue weighted by atomic mass is 10.1. The third-order valence-electron chi connectivity index (χ3n) is 2.60. The molecule has 2 aromatic rings. The van der Waals surface area contributed by atoms with Crippen LogP contribution in [0.4, 0.5) is 0 Å². The van der Waals surface area contributed by atoms with Crippen molar-refractivity contribution in [2.75, 3.05) is 0 Å². The maximum Gasteiger partial charge on any atom is 0.239 e. The standard InChI is InChI=1S/C13H14N2O3S/c1-10(11-5-3-2-4-6-11)18-13-8-7-12(9-15-13)19(14,16)17/h2-10H,1H3,(H2,14,16,17). The van der Waals surface area contributed by atoms with Crippen molar-refractivity contribution >= 4 is 10.0 Å². The zero-order chi connectivity index (χ0) is 13.9. The Kier molecular flexibility index (Phi) is 3.82. The highest BCUT2D eigenvalue weighted by Crippen LogP contribution is 2.20. The second-order valence-corrected chi connectivity index (χ2v) is 5.61. The van der Waals surface area contributed by atoms with E-state index in [0.717, 1.165) is 5.56 Å². The Hall–Kier alpha value is -1.92. The summed E-state index contributed by atoms with van der Waals surface area (Å²) in [4.78, 5) is 3.89. The van der Waals surface area contributed by atoms with Gasteiger partial charge >= 0.3 is 0 Å². The van der Waals surface area contributed by atoms with E-state index >= 15 is 0 Å². The summed E-state index contributed by atoms with van der Waals surface area (Å²) >= 11 is 0. The number of sulfonamides is 1. The van der Waals surface area contributed by atoms with Crippen LogP contribution in [0.15, 0.2) is 53.6 Å². The van der Waals surface area contributed by atoms with Crippen LogP contribution < -0.4 is 9.88 Å². The first kappa shape index (κ1) is 13.5. The molecule has 1 aromatic heterocycles. The van der Waals surface area contributed by atoms with Gasteiger partial charge in [0.15, 0.2) is 0 Å². The molecule has 0 fully saturated rings. The molecule has 6 heteroatoms. The van der Waals surface area contributed by atoms with Gasteiger partial charge in [-0.05, 0) is 18.6 Å². The van der Waals surface area contributed by atoms with Crippen LogP contribution >= 0.6 is 0 Å². The molecule has 0 bridgehead atoms. The topological polar surface area (TPSA) is 82.3 Å². The summed E-state index contributed by atoms with van der Waals surface area (Å²) in [6.07, 6.45) is 1.01. The molecule has 0 aliphatic rings. The Morgan fingerprint density at radius 3 is 2.37 bits per heavy atom. The van der Waals surface area contributed by atoms with Crippen LogP contribution in [0.3, 0.4) is 0 Å². The van der Waals surface area contributed by atoms with E-state index in [0.29, 0.717) is 5.88 Å². The summed E-state index contributed by atoms with van der Waals surface area (Å²) in [5, 5.41) is 4.99. The number of nitrogens with zero attached hydrogens (tertiary/aromatic N) is 1. The molecule has 1 heterocycles. The monoisotopic (exact) mass is 278 g/mol. The molecule has 1 unspecified atom stereocenters. The van der Waals surface area contributed by atoms with Crippen LogP contribution in [-0.4, -0.2) is 13.4 Å². The van der Waals surface area contributed by atoms with Crippen LogP contribution in [0.1, 0.15) is 18.6 Å². The maximum atomic E-state index is 11.1. The SMILES string of the molecule is CC(Oc1ccc(S(N)(=O)=O)cn1)c1ccccc1. The number of nitrogens with two attached hydrogens (primary N) is 1. The number of benzene rings is 1. The lowest BCUT2D eigenvalue weighted by Crippen LogP contribution is -2.12. The molecule has 0 saturated carbocycles. The molecule has 0 aliphatic heterocycles. The van der Waals surface area contributed by atoms with Gasteiger partial charge in [-0.2, -0.15) is 0 Å². The highest BCUT2D eigenvalue weighted by atomic mass is 32.2. The first-order valence-corrected chi connectivity index (χ1v) is 7.22.